The molecule has 0 aliphatic heterocycles. The van der Waals surface area contributed by atoms with E-state index < -0.39 is 0 Å². The van der Waals surface area contributed by atoms with Gasteiger partial charge in [0.15, 0.2) is 0 Å². The van der Waals surface area contributed by atoms with Gasteiger partial charge < -0.3 is 5.73 Å². The number of pyridine rings is 1. The van der Waals surface area contributed by atoms with Crippen LogP contribution in [-0.2, 0) is 11.2 Å². The number of rotatable bonds is 6. The second-order valence-corrected chi connectivity index (χ2v) is 4.90. The van der Waals surface area contributed by atoms with Crippen molar-refractivity contribution >= 4 is 21.7 Å². The molecule has 0 aliphatic carbocycles. The first-order valence-corrected chi connectivity index (χ1v) is 6.25. The van der Waals surface area contributed by atoms with Gasteiger partial charge in [-0.1, -0.05) is 6.92 Å². The molecule has 3 nitrogen and oxygen atoms in total. The Balaban J connectivity index is 2.50. The maximum atomic E-state index is 11.8. The molecule has 1 rings (SSSR count). The highest BCUT2D eigenvalue weighted by atomic mass is 79.9. The van der Waals surface area contributed by atoms with Crippen molar-refractivity contribution in [1.29, 1.82) is 0 Å². The summed E-state index contributed by atoms with van der Waals surface area (Å²) in [5.74, 6) is 0.343. The first-order chi connectivity index (χ1) is 7.63. The van der Waals surface area contributed by atoms with Crippen LogP contribution in [0.5, 0.6) is 0 Å². The summed E-state index contributed by atoms with van der Waals surface area (Å²) >= 11 is 3.34. The van der Waals surface area contributed by atoms with Gasteiger partial charge in [-0.15, -0.1) is 0 Å². The first-order valence-electron chi connectivity index (χ1n) is 5.45. The van der Waals surface area contributed by atoms with Crippen LogP contribution in [0.3, 0.4) is 0 Å². The fraction of sp³-hybridized carbons (Fsp3) is 0.500. The molecule has 1 unspecified atom stereocenters. The van der Waals surface area contributed by atoms with E-state index >= 15 is 0 Å². The molecule has 0 aliphatic rings. The minimum absolute atomic E-state index is 0.0857. The van der Waals surface area contributed by atoms with E-state index in [4.69, 9.17) is 5.73 Å². The second-order valence-electron chi connectivity index (χ2n) is 3.99. The van der Waals surface area contributed by atoms with Gasteiger partial charge >= 0.3 is 0 Å². The van der Waals surface area contributed by atoms with E-state index in [0.717, 1.165) is 22.9 Å². The van der Waals surface area contributed by atoms with Crippen LogP contribution in [0.2, 0.25) is 0 Å². The van der Waals surface area contributed by atoms with Crippen molar-refractivity contribution in [3.8, 4) is 0 Å². The third-order valence-electron chi connectivity index (χ3n) is 2.53. The van der Waals surface area contributed by atoms with Crippen LogP contribution in [0.4, 0.5) is 0 Å². The number of halogens is 1. The van der Waals surface area contributed by atoms with Gasteiger partial charge in [-0.25, -0.2) is 0 Å². The molecule has 0 saturated carbocycles. The predicted octanol–water partition coefficient (Wildman–Crippen LogP) is 2.33. The Kier molecular flexibility index (Phi) is 5.63. The van der Waals surface area contributed by atoms with Gasteiger partial charge in [0.25, 0.3) is 0 Å². The Hall–Kier alpha value is -0.740. The number of Topliss-reactive ketones (excluding diaryl/α,β-unsaturated/α-hetero) is 1. The fourth-order valence-corrected chi connectivity index (χ4v) is 1.93. The molecule has 0 amide bonds. The zero-order valence-corrected chi connectivity index (χ0v) is 11.0. The molecule has 0 saturated heterocycles. The Morgan fingerprint density at radius 3 is 2.94 bits per heavy atom. The zero-order valence-electron chi connectivity index (χ0n) is 9.45. The average Bonchev–Trinajstić information content (AvgIpc) is 2.25. The van der Waals surface area contributed by atoms with Gasteiger partial charge in [0.05, 0.1) is 0 Å². The van der Waals surface area contributed by atoms with Gasteiger partial charge in [-0.2, -0.15) is 0 Å². The lowest BCUT2D eigenvalue weighted by Crippen LogP contribution is -2.15. The third kappa shape index (κ3) is 4.41. The van der Waals surface area contributed by atoms with Crippen LogP contribution in [-0.4, -0.2) is 17.3 Å². The van der Waals surface area contributed by atoms with Gasteiger partial charge in [-0.05, 0) is 46.9 Å². The maximum Gasteiger partial charge on any atom is 0.140 e. The van der Waals surface area contributed by atoms with Crippen molar-refractivity contribution in [2.24, 2.45) is 11.7 Å². The lowest BCUT2D eigenvalue weighted by molar-refractivity contribution is -0.121. The van der Waals surface area contributed by atoms with Gasteiger partial charge in [-0.3, -0.25) is 9.78 Å². The number of carbonyl (C=O) groups excluding carboxylic acids is 1. The predicted molar refractivity (Wildman–Crippen MR) is 68.1 cm³/mol. The minimum atomic E-state index is 0.0857. The highest BCUT2D eigenvalue weighted by Gasteiger charge is 2.13. The van der Waals surface area contributed by atoms with Crippen molar-refractivity contribution in [2.75, 3.05) is 6.54 Å². The normalized spacial score (nSPS) is 12.4. The van der Waals surface area contributed by atoms with Crippen LogP contribution in [0.15, 0.2) is 22.9 Å². The summed E-state index contributed by atoms with van der Waals surface area (Å²) in [5.41, 5.74) is 6.38. The van der Waals surface area contributed by atoms with Gasteiger partial charge in [0.1, 0.15) is 5.78 Å². The number of nitrogens with zero attached hydrogens (tertiary/aromatic N) is 1. The standard InChI is InChI=1S/C12H17BrN2O/c1-9(3-2-4-14)12(16)6-10-5-11(13)8-15-7-10/h5,7-9H,2-4,6,14H2,1H3. The molecule has 88 valence electrons. The first kappa shape index (κ1) is 13.3. The molecule has 0 fully saturated rings. The lowest BCUT2D eigenvalue weighted by atomic mass is 9.96. The fourth-order valence-electron chi connectivity index (χ4n) is 1.51. The molecular weight excluding hydrogens is 268 g/mol. The molecule has 16 heavy (non-hydrogen) atoms. The lowest BCUT2D eigenvalue weighted by Gasteiger charge is -2.09. The van der Waals surface area contributed by atoms with E-state index in [1.54, 1.807) is 12.4 Å². The van der Waals surface area contributed by atoms with E-state index in [-0.39, 0.29) is 11.7 Å². The van der Waals surface area contributed by atoms with Crippen molar-refractivity contribution in [1.82, 2.24) is 4.98 Å². The molecule has 1 heterocycles. The molecular formula is C12H17BrN2O. The molecule has 0 bridgehead atoms. The zero-order chi connectivity index (χ0) is 12.0. The van der Waals surface area contributed by atoms with Crippen LogP contribution >= 0.6 is 15.9 Å². The van der Waals surface area contributed by atoms with E-state index in [1.807, 2.05) is 13.0 Å². The van der Waals surface area contributed by atoms with Gasteiger partial charge in [0, 0.05) is 29.2 Å². The second kappa shape index (κ2) is 6.76. The molecule has 4 heteroatoms. The number of nitrogens with two attached hydrogens (primary N) is 1. The number of hydrogen-bond donors (Lipinski definition) is 1. The quantitative estimate of drug-likeness (QED) is 0.872. The van der Waals surface area contributed by atoms with E-state index in [0.29, 0.717) is 13.0 Å². The Morgan fingerprint density at radius 1 is 1.56 bits per heavy atom. The highest BCUT2D eigenvalue weighted by molar-refractivity contribution is 9.10. The maximum absolute atomic E-state index is 11.8. The molecule has 1 aromatic heterocycles. The minimum Gasteiger partial charge on any atom is -0.330 e. The van der Waals surface area contributed by atoms with Crippen molar-refractivity contribution in [3.05, 3.63) is 28.5 Å². The SMILES string of the molecule is CC(CCCN)C(=O)Cc1cncc(Br)c1. The Labute approximate surface area is 105 Å². The summed E-state index contributed by atoms with van der Waals surface area (Å²) in [5, 5.41) is 0. The van der Waals surface area contributed by atoms with E-state index in [9.17, 15) is 4.79 Å². The van der Waals surface area contributed by atoms with Crippen molar-refractivity contribution in [2.45, 2.75) is 26.2 Å². The summed E-state index contributed by atoms with van der Waals surface area (Å²) in [7, 11) is 0. The summed E-state index contributed by atoms with van der Waals surface area (Å²) in [6.07, 6.45) is 5.68. The largest absolute Gasteiger partial charge is 0.330 e. The number of carbonyl (C=O) groups is 1. The summed E-state index contributed by atoms with van der Waals surface area (Å²) in [6, 6.07) is 1.93. The van der Waals surface area contributed by atoms with Crippen LogP contribution in [0.1, 0.15) is 25.3 Å². The Morgan fingerprint density at radius 2 is 2.31 bits per heavy atom. The third-order valence-corrected chi connectivity index (χ3v) is 2.96. The van der Waals surface area contributed by atoms with E-state index in [1.165, 1.54) is 0 Å². The van der Waals surface area contributed by atoms with Crippen LogP contribution < -0.4 is 5.73 Å². The summed E-state index contributed by atoms with van der Waals surface area (Å²) in [4.78, 5) is 15.9. The topological polar surface area (TPSA) is 56.0 Å². The number of hydrogen-bond acceptors (Lipinski definition) is 3. The molecule has 0 spiro atoms. The Bertz CT molecular complexity index is 355. The van der Waals surface area contributed by atoms with Crippen molar-refractivity contribution in [3.63, 3.8) is 0 Å². The molecule has 2 N–H and O–H groups in total. The summed E-state index contributed by atoms with van der Waals surface area (Å²) in [6.45, 7) is 2.61. The van der Waals surface area contributed by atoms with Gasteiger partial charge in [0.2, 0.25) is 0 Å². The van der Waals surface area contributed by atoms with Crippen molar-refractivity contribution < 1.29 is 4.79 Å². The summed E-state index contributed by atoms with van der Waals surface area (Å²) < 4.78 is 0.910. The molecule has 0 radical (unpaired) electrons. The van der Waals surface area contributed by atoms with E-state index in [2.05, 4.69) is 20.9 Å². The molecule has 1 atom stereocenters. The molecule has 1 aromatic rings. The number of aromatic nitrogens is 1. The van der Waals surface area contributed by atoms with Crippen LogP contribution in [0.25, 0.3) is 0 Å². The number of ketones is 1. The monoisotopic (exact) mass is 284 g/mol. The highest BCUT2D eigenvalue weighted by Crippen LogP contribution is 2.14. The smallest absolute Gasteiger partial charge is 0.140 e. The average molecular weight is 285 g/mol. The molecule has 0 aromatic carbocycles. The van der Waals surface area contributed by atoms with Crippen LogP contribution in [0, 0.1) is 5.92 Å².